The van der Waals surface area contributed by atoms with E-state index >= 15 is 0 Å². The molecule has 22 heavy (non-hydrogen) atoms. The summed E-state index contributed by atoms with van der Waals surface area (Å²) in [5, 5.41) is 8.17. The van der Waals surface area contributed by atoms with Gasteiger partial charge in [-0.15, -0.1) is 11.3 Å². The smallest absolute Gasteiger partial charge is 0.226 e. The third-order valence-electron chi connectivity index (χ3n) is 3.43. The monoisotopic (exact) mass is 321 g/mol. The average molecular weight is 321 g/mol. The molecule has 0 fully saturated rings. The van der Waals surface area contributed by atoms with Gasteiger partial charge in [0.05, 0.1) is 23.2 Å². The maximum Gasteiger partial charge on any atom is 0.226 e. The molecule has 120 valence electrons. The third-order valence-corrected chi connectivity index (χ3v) is 4.36. The quantitative estimate of drug-likeness (QED) is 0.886. The molecule has 7 heteroatoms. The van der Waals surface area contributed by atoms with Crippen LogP contribution in [0.5, 0.6) is 0 Å². The first-order valence-electron chi connectivity index (χ1n) is 7.43. The molecule has 0 saturated heterocycles. The number of hydrogen-bond donors (Lipinski definition) is 1. The summed E-state index contributed by atoms with van der Waals surface area (Å²) in [5.41, 5.74) is 0.862. The maximum atomic E-state index is 12.4. The number of nitrogens with one attached hydrogen (secondary N) is 1. The topological polar surface area (TPSA) is 72.7 Å². The van der Waals surface area contributed by atoms with Crippen molar-refractivity contribution in [2.75, 3.05) is 0 Å². The standard InChI is InChI=1S/C15H23N5OS/c1-9(2)6-13(15-16-8-17-20(15)5)19-14(21)7-12-10(3)22-11(4)18-12/h8-9,13H,6-7H2,1-5H3,(H,19,21)/t13-/m1/s1. The summed E-state index contributed by atoms with van der Waals surface area (Å²) >= 11 is 1.62. The molecule has 0 aliphatic carbocycles. The Morgan fingerprint density at radius 2 is 2.14 bits per heavy atom. The summed E-state index contributed by atoms with van der Waals surface area (Å²) in [6.45, 7) is 8.22. The minimum Gasteiger partial charge on any atom is -0.346 e. The lowest BCUT2D eigenvalue weighted by Crippen LogP contribution is -2.32. The lowest BCUT2D eigenvalue weighted by atomic mass is 10.0. The van der Waals surface area contributed by atoms with E-state index < -0.39 is 0 Å². The molecule has 0 aromatic carbocycles. The van der Waals surface area contributed by atoms with Crippen molar-refractivity contribution < 1.29 is 4.79 Å². The summed E-state index contributed by atoms with van der Waals surface area (Å²) < 4.78 is 1.71. The molecular formula is C15H23N5OS. The number of amides is 1. The molecule has 0 aliphatic heterocycles. The summed E-state index contributed by atoms with van der Waals surface area (Å²) in [4.78, 5) is 22.2. The fourth-order valence-corrected chi connectivity index (χ4v) is 3.29. The highest BCUT2D eigenvalue weighted by atomic mass is 32.1. The van der Waals surface area contributed by atoms with E-state index in [9.17, 15) is 4.79 Å². The Labute approximate surface area is 135 Å². The van der Waals surface area contributed by atoms with Crippen LogP contribution in [0.15, 0.2) is 6.33 Å². The zero-order valence-corrected chi connectivity index (χ0v) is 14.6. The summed E-state index contributed by atoms with van der Waals surface area (Å²) in [6, 6.07) is -0.125. The molecule has 2 heterocycles. The van der Waals surface area contributed by atoms with Gasteiger partial charge in [-0.05, 0) is 26.2 Å². The molecule has 0 aliphatic rings. The second kappa shape index (κ2) is 7.00. The molecule has 0 bridgehead atoms. The van der Waals surface area contributed by atoms with Gasteiger partial charge in [0.15, 0.2) is 0 Å². The van der Waals surface area contributed by atoms with Gasteiger partial charge in [0.1, 0.15) is 12.2 Å². The number of aromatic nitrogens is 4. The van der Waals surface area contributed by atoms with Crippen LogP contribution in [-0.2, 0) is 18.3 Å². The molecule has 6 nitrogen and oxygen atoms in total. The van der Waals surface area contributed by atoms with E-state index in [4.69, 9.17) is 0 Å². The molecule has 0 spiro atoms. The highest BCUT2D eigenvalue weighted by Crippen LogP contribution is 2.20. The van der Waals surface area contributed by atoms with Crippen molar-refractivity contribution >= 4 is 17.2 Å². The number of thiazole rings is 1. The van der Waals surface area contributed by atoms with E-state index in [1.165, 1.54) is 6.33 Å². The van der Waals surface area contributed by atoms with Crippen molar-refractivity contribution in [2.24, 2.45) is 13.0 Å². The zero-order valence-electron chi connectivity index (χ0n) is 13.8. The fraction of sp³-hybridized carbons (Fsp3) is 0.600. The van der Waals surface area contributed by atoms with Gasteiger partial charge in [0.2, 0.25) is 5.91 Å². The van der Waals surface area contributed by atoms with Crippen LogP contribution in [0.4, 0.5) is 0 Å². The van der Waals surface area contributed by atoms with Gasteiger partial charge in [0, 0.05) is 11.9 Å². The Kier molecular flexibility index (Phi) is 5.28. The minimum absolute atomic E-state index is 0.0259. The fourth-order valence-electron chi connectivity index (χ4n) is 2.45. The summed E-state index contributed by atoms with van der Waals surface area (Å²) in [5.74, 6) is 1.21. The molecule has 1 amide bonds. The van der Waals surface area contributed by atoms with Crippen molar-refractivity contribution in [2.45, 2.75) is 46.6 Å². The predicted octanol–water partition coefficient (Wildman–Crippen LogP) is 2.33. The number of carbonyl (C=O) groups is 1. The second-order valence-electron chi connectivity index (χ2n) is 5.90. The van der Waals surface area contributed by atoms with Crippen LogP contribution in [0.25, 0.3) is 0 Å². The molecular weight excluding hydrogens is 298 g/mol. The van der Waals surface area contributed by atoms with Crippen LogP contribution in [0.3, 0.4) is 0 Å². The van der Waals surface area contributed by atoms with Crippen LogP contribution >= 0.6 is 11.3 Å². The Morgan fingerprint density at radius 3 is 2.64 bits per heavy atom. The van der Waals surface area contributed by atoms with Crippen LogP contribution in [0.1, 0.15) is 47.7 Å². The molecule has 0 unspecified atom stereocenters. The van der Waals surface area contributed by atoms with Gasteiger partial charge in [0.25, 0.3) is 0 Å². The van der Waals surface area contributed by atoms with E-state index in [1.54, 1.807) is 16.0 Å². The van der Waals surface area contributed by atoms with E-state index in [1.807, 2.05) is 20.9 Å². The number of hydrogen-bond acceptors (Lipinski definition) is 5. The van der Waals surface area contributed by atoms with Gasteiger partial charge >= 0.3 is 0 Å². The Morgan fingerprint density at radius 1 is 1.41 bits per heavy atom. The SMILES string of the molecule is Cc1nc(CC(=O)N[C@H](CC(C)C)c2ncnn2C)c(C)s1. The van der Waals surface area contributed by atoms with E-state index in [-0.39, 0.29) is 11.9 Å². The van der Waals surface area contributed by atoms with Gasteiger partial charge in [-0.2, -0.15) is 5.10 Å². The van der Waals surface area contributed by atoms with Crippen LogP contribution in [0, 0.1) is 19.8 Å². The summed E-state index contributed by atoms with van der Waals surface area (Å²) in [7, 11) is 1.84. The van der Waals surface area contributed by atoms with Gasteiger partial charge in [-0.25, -0.2) is 9.97 Å². The lowest BCUT2D eigenvalue weighted by Gasteiger charge is -2.19. The Bertz CT molecular complexity index is 646. The summed E-state index contributed by atoms with van der Waals surface area (Å²) in [6.07, 6.45) is 2.65. The molecule has 1 N–H and O–H groups in total. The van der Waals surface area contributed by atoms with Crippen molar-refractivity contribution in [3.63, 3.8) is 0 Å². The van der Waals surface area contributed by atoms with Crippen LogP contribution < -0.4 is 5.32 Å². The molecule has 1 atom stereocenters. The molecule has 2 rings (SSSR count). The highest BCUT2D eigenvalue weighted by Gasteiger charge is 2.21. The number of carbonyl (C=O) groups excluding carboxylic acids is 1. The van der Waals surface area contributed by atoms with Gasteiger partial charge in [-0.3, -0.25) is 9.48 Å². The number of nitrogens with zero attached hydrogens (tertiary/aromatic N) is 4. The van der Waals surface area contributed by atoms with Crippen LogP contribution in [0.2, 0.25) is 0 Å². The van der Waals surface area contributed by atoms with Crippen molar-refractivity contribution in [1.82, 2.24) is 25.1 Å². The number of aryl methyl sites for hydroxylation is 3. The highest BCUT2D eigenvalue weighted by molar-refractivity contribution is 7.11. The van der Waals surface area contributed by atoms with E-state index in [0.717, 1.165) is 27.8 Å². The zero-order chi connectivity index (χ0) is 16.3. The van der Waals surface area contributed by atoms with Crippen molar-refractivity contribution in [3.8, 4) is 0 Å². The normalized spacial score (nSPS) is 12.6. The third kappa shape index (κ3) is 4.13. The van der Waals surface area contributed by atoms with E-state index in [2.05, 4.69) is 34.2 Å². The molecule has 2 aromatic rings. The molecule has 0 saturated carbocycles. The lowest BCUT2D eigenvalue weighted by molar-refractivity contribution is -0.121. The Balaban J connectivity index is 2.08. The van der Waals surface area contributed by atoms with Crippen molar-refractivity contribution in [1.29, 1.82) is 0 Å². The first-order chi connectivity index (χ1) is 10.4. The number of rotatable bonds is 6. The molecule has 0 radical (unpaired) electrons. The Hall–Kier alpha value is -1.76. The second-order valence-corrected chi connectivity index (χ2v) is 7.31. The predicted molar refractivity (Wildman–Crippen MR) is 86.6 cm³/mol. The maximum absolute atomic E-state index is 12.4. The van der Waals surface area contributed by atoms with Crippen LogP contribution in [-0.4, -0.2) is 25.7 Å². The average Bonchev–Trinajstić information content (AvgIpc) is 2.94. The van der Waals surface area contributed by atoms with E-state index in [0.29, 0.717) is 12.3 Å². The first kappa shape index (κ1) is 16.6. The molecule has 2 aromatic heterocycles. The largest absolute Gasteiger partial charge is 0.346 e. The van der Waals surface area contributed by atoms with Gasteiger partial charge < -0.3 is 5.32 Å². The van der Waals surface area contributed by atoms with Gasteiger partial charge in [-0.1, -0.05) is 13.8 Å². The minimum atomic E-state index is -0.125. The van der Waals surface area contributed by atoms with Crippen molar-refractivity contribution in [3.05, 3.63) is 27.7 Å². The first-order valence-corrected chi connectivity index (χ1v) is 8.24.